The molecule has 0 aliphatic carbocycles. The lowest BCUT2D eigenvalue weighted by molar-refractivity contribution is -0.387. The van der Waals surface area contributed by atoms with Gasteiger partial charge in [0.1, 0.15) is 5.82 Å². The largest absolute Gasteiger partial charge is 0.357 e. The second-order valence-corrected chi connectivity index (χ2v) is 3.67. The summed E-state index contributed by atoms with van der Waals surface area (Å²) in [5, 5.41) is 20.6. The summed E-state index contributed by atoms with van der Waals surface area (Å²) in [6.45, 7) is 0. The lowest BCUT2D eigenvalue weighted by Crippen LogP contribution is -2.03. The predicted octanol–water partition coefficient (Wildman–Crippen LogP) is 1.71. The van der Waals surface area contributed by atoms with E-state index in [2.05, 4.69) is 15.5 Å². The van der Waals surface area contributed by atoms with Crippen molar-refractivity contribution in [3.05, 3.63) is 33.9 Å². The molecule has 0 spiro atoms. The van der Waals surface area contributed by atoms with Crippen LogP contribution in [0.4, 0.5) is 20.4 Å². The Morgan fingerprint density at radius 1 is 1.37 bits per heavy atom. The molecule has 7 nitrogen and oxygen atoms in total. The van der Waals surface area contributed by atoms with E-state index in [1.165, 1.54) is 11.6 Å². The van der Waals surface area contributed by atoms with Crippen molar-refractivity contribution in [2.75, 3.05) is 12.4 Å². The number of rotatable bonds is 3. The number of benzene rings is 1. The molecular formula is C10H9F2N5O2. The van der Waals surface area contributed by atoms with Gasteiger partial charge in [0.15, 0.2) is 5.82 Å². The number of aromatic nitrogens is 3. The van der Waals surface area contributed by atoms with Crippen LogP contribution in [0, 0.1) is 21.7 Å². The highest BCUT2D eigenvalue weighted by molar-refractivity contribution is 5.63. The van der Waals surface area contributed by atoms with Crippen LogP contribution in [-0.4, -0.2) is 26.7 Å². The highest BCUT2D eigenvalue weighted by atomic mass is 19.1. The van der Waals surface area contributed by atoms with Gasteiger partial charge < -0.3 is 5.32 Å². The molecule has 2 rings (SSSR count). The second-order valence-electron chi connectivity index (χ2n) is 3.67. The van der Waals surface area contributed by atoms with Crippen LogP contribution in [0.5, 0.6) is 0 Å². The number of halogens is 2. The molecule has 0 atom stereocenters. The summed E-state index contributed by atoms with van der Waals surface area (Å²) in [7, 11) is 3.05. The fourth-order valence-electron chi connectivity index (χ4n) is 1.65. The third kappa shape index (κ3) is 1.98. The highest BCUT2D eigenvalue weighted by Crippen LogP contribution is 2.31. The van der Waals surface area contributed by atoms with Crippen molar-refractivity contribution in [3.8, 4) is 11.4 Å². The molecule has 0 aliphatic heterocycles. The Labute approximate surface area is 106 Å². The molecule has 0 unspecified atom stereocenters. The number of nitrogens with zero attached hydrogens (tertiary/aromatic N) is 4. The van der Waals surface area contributed by atoms with Gasteiger partial charge in [0.25, 0.3) is 0 Å². The van der Waals surface area contributed by atoms with E-state index in [1.807, 2.05) is 0 Å². The Kier molecular flexibility index (Phi) is 3.11. The first-order valence-electron chi connectivity index (χ1n) is 5.17. The Bertz CT molecular complexity index is 656. The van der Waals surface area contributed by atoms with Crippen LogP contribution in [0.3, 0.4) is 0 Å². The standard InChI is InChI=1S/C10H9F2N5O2/c1-13-10-15-14-9(16(10)2)7-5(11)3-4-6(8(7)12)17(18)19/h3-4H,1-2H3,(H,13,15). The molecule has 1 aromatic heterocycles. The molecule has 0 fully saturated rings. The SMILES string of the molecule is CNc1nnc(-c2c(F)ccc([N+](=O)[O-])c2F)n1C. The van der Waals surface area contributed by atoms with Crippen LogP contribution in [-0.2, 0) is 7.05 Å². The third-order valence-electron chi connectivity index (χ3n) is 2.59. The smallest absolute Gasteiger partial charge is 0.305 e. The average molecular weight is 269 g/mol. The van der Waals surface area contributed by atoms with E-state index in [0.717, 1.165) is 12.1 Å². The predicted molar refractivity (Wildman–Crippen MR) is 62.6 cm³/mol. The summed E-state index contributed by atoms with van der Waals surface area (Å²) in [5.74, 6) is -2.08. The maximum atomic E-state index is 14.0. The fraction of sp³-hybridized carbons (Fsp3) is 0.200. The van der Waals surface area contributed by atoms with E-state index in [4.69, 9.17) is 0 Å². The zero-order valence-electron chi connectivity index (χ0n) is 10.0. The molecule has 1 aromatic carbocycles. The van der Waals surface area contributed by atoms with E-state index in [1.54, 1.807) is 7.05 Å². The molecule has 19 heavy (non-hydrogen) atoms. The molecule has 0 aliphatic rings. The van der Waals surface area contributed by atoms with Crippen LogP contribution in [0.2, 0.25) is 0 Å². The lowest BCUT2D eigenvalue weighted by atomic mass is 10.1. The number of nitrogens with one attached hydrogen (secondary N) is 1. The first-order valence-corrected chi connectivity index (χ1v) is 5.17. The normalized spacial score (nSPS) is 10.5. The minimum atomic E-state index is -1.27. The Morgan fingerprint density at radius 2 is 2.05 bits per heavy atom. The Hall–Kier alpha value is -2.58. The van der Waals surface area contributed by atoms with Gasteiger partial charge in [-0.05, 0) is 6.07 Å². The average Bonchev–Trinajstić information content (AvgIpc) is 2.70. The van der Waals surface area contributed by atoms with Crippen molar-refractivity contribution in [2.45, 2.75) is 0 Å². The highest BCUT2D eigenvalue weighted by Gasteiger charge is 2.26. The molecule has 0 saturated carbocycles. The van der Waals surface area contributed by atoms with E-state index in [9.17, 15) is 18.9 Å². The number of nitro benzene ring substituents is 1. The summed E-state index contributed by atoms with van der Waals surface area (Å²) in [4.78, 5) is 9.73. The molecule has 0 amide bonds. The Balaban J connectivity index is 2.70. The molecule has 0 saturated heterocycles. The fourth-order valence-corrected chi connectivity index (χ4v) is 1.65. The second kappa shape index (κ2) is 4.59. The van der Waals surface area contributed by atoms with Crippen molar-refractivity contribution in [1.82, 2.24) is 14.8 Å². The van der Waals surface area contributed by atoms with E-state index in [-0.39, 0.29) is 11.8 Å². The summed E-state index contributed by atoms with van der Waals surface area (Å²) < 4.78 is 29.0. The zero-order chi connectivity index (χ0) is 14.2. The maximum absolute atomic E-state index is 14.0. The van der Waals surface area contributed by atoms with E-state index in [0.29, 0.717) is 0 Å². The van der Waals surface area contributed by atoms with Gasteiger partial charge in [-0.1, -0.05) is 0 Å². The quantitative estimate of drug-likeness (QED) is 0.677. The summed E-state index contributed by atoms with van der Waals surface area (Å²) >= 11 is 0. The summed E-state index contributed by atoms with van der Waals surface area (Å²) in [5.41, 5.74) is -1.39. The van der Waals surface area contributed by atoms with Gasteiger partial charge in [0.2, 0.25) is 11.8 Å². The maximum Gasteiger partial charge on any atom is 0.305 e. The lowest BCUT2D eigenvalue weighted by Gasteiger charge is -2.05. The first-order chi connectivity index (χ1) is 8.97. The number of nitro groups is 1. The van der Waals surface area contributed by atoms with Crippen molar-refractivity contribution in [2.24, 2.45) is 7.05 Å². The molecule has 2 aromatic rings. The zero-order valence-corrected chi connectivity index (χ0v) is 10.0. The number of hydrogen-bond donors (Lipinski definition) is 1. The minimum Gasteiger partial charge on any atom is -0.357 e. The van der Waals surface area contributed by atoms with Crippen molar-refractivity contribution < 1.29 is 13.7 Å². The number of hydrogen-bond acceptors (Lipinski definition) is 5. The summed E-state index contributed by atoms with van der Waals surface area (Å²) in [6.07, 6.45) is 0. The third-order valence-corrected chi connectivity index (χ3v) is 2.59. The topological polar surface area (TPSA) is 85.9 Å². The van der Waals surface area contributed by atoms with Gasteiger partial charge in [-0.15, -0.1) is 10.2 Å². The van der Waals surface area contributed by atoms with Crippen LogP contribution < -0.4 is 5.32 Å². The first kappa shape index (κ1) is 12.9. The minimum absolute atomic E-state index is 0.136. The molecule has 9 heteroatoms. The van der Waals surface area contributed by atoms with Crippen LogP contribution in [0.1, 0.15) is 0 Å². The number of anilines is 1. The van der Waals surface area contributed by atoms with Crippen molar-refractivity contribution >= 4 is 11.6 Å². The van der Waals surface area contributed by atoms with E-state index < -0.39 is 27.8 Å². The molecule has 1 N–H and O–H groups in total. The molecule has 0 radical (unpaired) electrons. The van der Waals surface area contributed by atoms with Crippen LogP contribution >= 0.6 is 0 Å². The van der Waals surface area contributed by atoms with Gasteiger partial charge in [-0.25, -0.2) is 4.39 Å². The van der Waals surface area contributed by atoms with Crippen LogP contribution in [0.25, 0.3) is 11.4 Å². The van der Waals surface area contributed by atoms with Gasteiger partial charge in [0, 0.05) is 20.2 Å². The van der Waals surface area contributed by atoms with Crippen LogP contribution in [0.15, 0.2) is 12.1 Å². The van der Waals surface area contributed by atoms with Gasteiger partial charge >= 0.3 is 5.69 Å². The van der Waals surface area contributed by atoms with Gasteiger partial charge in [-0.3, -0.25) is 14.7 Å². The molecule has 1 heterocycles. The summed E-state index contributed by atoms with van der Waals surface area (Å²) in [6, 6.07) is 1.59. The van der Waals surface area contributed by atoms with Gasteiger partial charge in [-0.2, -0.15) is 4.39 Å². The Morgan fingerprint density at radius 3 is 2.58 bits per heavy atom. The molecule has 0 bridgehead atoms. The van der Waals surface area contributed by atoms with Crippen molar-refractivity contribution in [3.63, 3.8) is 0 Å². The van der Waals surface area contributed by atoms with E-state index >= 15 is 0 Å². The molecule has 100 valence electrons. The van der Waals surface area contributed by atoms with Crippen molar-refractivity contribution in [1.29, 1.82) is 0 Å². The van der Waals surface area contributed by atoms with Gasteiger partial charge in [0.05, 0.1) is 10.5 Å². The molecular weight excluding hydrogens is 260 g/mol. The monoisotopic (exact) mass is 269 g/mol.